The van der Waals surface area contributed by atoms with E-state index in [1.807, 2.05) is 30.5 Å². The molecule has 3 aromatic heterocycles. The average Bonchev–Trinajstić information content (AvgIpc) is 3.32. The molecule has 27 heavy (non-hydrogen) atoms. The van der Waals surface area contributed by atoms with Crippen molar-refractivity contribution >= 4 is 22.1 Å². The molecule has 3 heterocycles. The number of rotatable bonds is 2. The van der Waals surface area contributed by atoms with Crippen molar-refractivity contribution in [1.29, 1.82) is 5.26 Å². The highest BCUT2D eigenvalue weighted by Gasteiger charge is 2.28. The van der Waals surface area contributed by atoms with Crippen molar-refractivity contribution in [3.63, 3.8) is 0 Å². The number of phenolic OH excluding ortho intramolecular Hbond substituents is 1. The van der Waals surface area contributed by atoms with Crippen molar-refractivity contribution in [3.05, 3.63) is 42.7 Å². The summed E-state index contributed by atoms with van der Waals surface area (Å²) < 4.78 is 2.26. The van der Waals surface area contributed by atoms with Gasteiger partial charge in [0.05, 0.1) is 23.3 Å². The third-order valence-electron chi connectivity index (χ3n) is 5.62. The SMILES string of the molecule is N#C[C@H]1CC[C@H](n2c(-c3ccccc3O)nc3cnc4[nH]ccc4c32)CC1. The number of phenols is 1. The van der Waals surface area contributed by atoms with E-state index in [9.17, 15) is 10.4 Å². The maximum atomic E-state index is 10.4. The first kappa shape index (κ1) is 15.9. The van der Waals surface area contributed by atoms with Gasteiger partial charge in [-0.05, 0) is 43.9 Å². The third kappa shape index (κ3) is 2.47. The lowest BCUT2D eigenvalue weighted by molar-refractivity contribution is 0.320. The van der Waals surface area contributed by atoms with E-state index in [0.29, 0.717) is 0 Å². The first-order valence-corrected chi connectivity index (χ1v) is 9.28. The fourth-order valence-corrected chi connectivity index (χ4v) is 4.26. The normalized spacial score (nSPS) is 20.1. The van der Waals surface area contributed by atoms with Gasteiger partial charge in [0.2, 0.25) is 0 Å². The molecule has 0 saturated heterocycles. The predicted octanol–water partition coefficient (Wildman–Crippen LogP) is 4.54. The van der Waals surface area contributed by atoms with E-state index in [2.05, 4.69) is 20.6 Å². The number of aromatic hydroxyl groups is 1. The smallest absolute Gasteiger partial charge is 0.145 e. The van der Waals surface area contributed by atoms with Crippen LogP contribution in [0.5, 0.6) is 5.75 Å². The molecule has 1 fully saturated rings. The monoisotopic (exact) mass is 357 g/mol. The lowest BCUT2D eigenvalue weighted by Crippen LogP contribution is -2.18. The molecule has 1 saturated carbocycles. The van der Waals surface area contributed by atoms with Gasteiger partial charge in [0, 0.05) is 23.5 Å². The fraction of sp³-hybridized carbons (Fsp3) is 0.286. The largest absolute Gasteiger partial charge is 0.507 e. The van der Waals surface area contributed by atoms with Crippen molar-refractivity contribution in [3.8, 4) is 23.2 Å². The first-order valence-electron chi connectivity index (χ1n) is 9.28. The molecule has 0 spiro atoms. The molecule has 6 nitrogen and oxygen atoms in total. The second-order valence-corrected chi connectivity index (χ2v) is 7.19. The van der Waals surface area contributed by atoms with Crippen molar-refractivity contribution in [2.45, 2.75) is 31.7 Å². The molecule has 6 heteroatoms. The van der Waals surface area contributed by atoms with E-state index in [1.54, 1.807) is 12.3 Å². The summed E-state index contributed by atoms with van der Waals surface area (Å²) in [6, 6.07) is 12.0. The second-order valence-electron chi connectivity index (χ2n) is 7.19. The zero-order valence-electron chi connectivity index (χ0n) is 14.8. The van der Waals surface area contributed by atoms with E-state index >= 15 is 0 Å². The molecule has 134 valence electrons. The third-order valence-corrected chi connectivity index (χ3v) is 5.62. The zero-order valence-corrected chi connectivity index (χ0v) is 14.8. The number of fused-ring (bicyclic) bond motifs is 3. The molecule has 1 aliphatic carbocycles. The number of hydrogen-bond acceptors (Lipinski definition) is 4. The van der Waals surface area contributed by atoms with Gasteiger partial charge < -0.3 is 14.7 Å². The number of imidazole rings is 1. The summed E-state index contributed by atoms with van der Waals surface area (Å²) in [7, 11) is 0. The summed E-state index contributed by atoms with van der Waals surface area (Å²) in [6.45, 7) is 0. The highest BCUT2D eigenvalue weighted by atomic mass is 16.3. The Bertz CT molecular complexity index is 1170. The Kier molecular flexibility index (Phi) is 3.61. The maximum absolute atomic E-state index is 10.4. The molecule has 0 radical (unpaired) electrons. The van der Waals surface area contributed by atoms with Crippen molar-refractivity contribution in [2.24, 2.45) is 5.92 Å². The molecular formula is C21H19N5O. The Morgan fingerprint density at radius 1 is 1.15 bits per heavy atom. The number of aromatic nitrogens is 4. The van der Waals surface area contributed by atoms with E-state index in [-0.39, 0.29) is 17.7 Å². The summed E-state index contributed by atoms with van der Waals surface area (Å²) in [5, 5.41) is 20.7. The highest BCUT2D eigenvalue weighted by Crippen LogP contribution is 2.40. The Morgan fingerprint density at radius 3 is 2.74 bits per heavy atom. The Labute approximate surface area is 156 Å². The van der Waals surface area contributed by atoms with Crippen LogP contribution in [0.25, 0.3) is 33.5 Å². The lowest BCUT2D eigenvalue weighted by atomic mass is 9.86. The first-order chi connectivity index (χ1) is 13.3. The molecule has 0 unspecified atom stereocenters. The van der Waals surface area contributed by atoms with Gasteiger partial charge in [-0.3, -0.25) is 0 Å². The van der Waals surface area contributed by atoms with E-state index < -0.39 is 0 Å². The number of para-hydroxylation sites is 1. The molecule has 0 bridgehead atoms. The number of nitrogens with zero attached hydrogens (tertiary/aromatic N) is 4. The van der Waals surface area contributed by atoms with Crippen molar-refractivity contribution in [1.82, 2.24) is 19.5 Å². The van der Waals surface area contributed by atoms with Crippen LogP contribution in [0.2, 0.25) is 0 Å². The van der Waals surface area contributed by atoms with Gasteiger partial charge in [0.1, 0.15) is 22.7 Å². The van der Waals surface area contributed by atoms with Crippen molar-refractivity contribution < 1.29 is 5.11 Å². The molecule has 1 aliphatic rings. The minimum Gasteiger partial charge on any atom is -0.507 e. The van der Waals surface area contributed by atoms with Crippen LogP contribution < -0.4 is 0 Å². The molecule has 1 aromatic carbocycles. The molecular weight excluding hydrogens is 338 g/mol. The predicted molar refractivity (Wildman–Crippen MR) is 103 cm³/mol. The lowest BCUT2D eigenvalue weighted by Gasteiger charge is -2.28. The van der Waals surface area contributed by atoms with Crippen LogP contribution >= 0.6 is 0 Å². The van der Waals surface area contributed by atoms with Crippen molar-refractivity contribution in [2.75, 3.05) is 0 Å². The number of aromatic amines is 1. The minimum atomic E-state index is 0.138. The van der Waals surface area contributed by atoms with Gasteiger partial charge in [-0.25, -0.2) is 9.97 Å². The second kappa shape index (κ2) is 6.13. The molecule has 5 rings (SSSR count). The van der Waals surface area contributed by atoms with Crippen LogP contribution in [-0.4, -0.2) is 24.6 Å². The fourth-order valence-electron chi connectivity index (χ4n) is 4.26. The number of nitriles is 1. The Balaban J connectivity index is 1.77. The maximum Gasteiger partial charge on any atom is 0.145 e. The Hall–Kier alpha value is -3.33. The van der Waals surface area contributed by atoms with Crippen LogP contribution in [0.3, 0.4) is 0 Å². The van der Waals surface area contributed by atoms with Crippen LogP contribution in [0.1, 0.15) is 31.7 Å². The van der Waals surface area contributed by atoms with Crippen LogP contribution in [0.4, 0.5) is 0 Å². The summed E-state index contributed by atoms with van der Waals surface area (Å²) >= 11 is 0. The summed E-state index contributed by atoms with van der Waals surface area (Å²) in [4.78, 5) is 12.5. The van der Waals surface area contributed by atoms with E-state index in [4.69, 9.17) is 4.98 Å². The van der Waals surface area contributed by atoms with Gasteiger partial charge in [-0.15, -0.1) is 0 Å². The highest BCUT2D eigenvalue weighted by molar-refractivity contribution is 6.02. The number of pyridine rings is 1. The minimum absolute atomic E-state index is 0.138. The number of benzene rings is 1. The molecule has 0 atom stereocenters. The van der Waals surface area contributed by atoms with Gasteiger partial charge in [0.25, 0.3) is 0 Å². The molecule has 2 N–H and O–H groups in total. The van der Waals surface area contributed by atoms with Gasteiger partial charge in [0.15, 0.2) is 0 Å². The topological polar surface area (TPSA) is 90.5 Å². The van der Waals surface area contributed by atoms with Crippen LogP contribution in [-0.2, 0) is 0 Å². The van der Waals surface area contributed by atoms with E-state index in [0.717, 1.165) is 59.1 Å². The van der Waals surface area contributed by atoms with Gasteiger partial charge in [-0.1, -0.05) is 12.1 Å². The summed E-state index contributed by atoms with van der Waals surface area (Å²) in [6.07, 6.45) is 7.32. The molecule has 4 aromatic rings. The van der Waals surface area contributed by atoms with Crippen LogP contribution in [0.15, 0.2) is 42.7 Å². The average molecular weight is 357 g/mol. The Morgan fingerprint density at radius 2 is 1.96 bits per heavy atom. The van der Waals surface area contributed by atoms with E-state index in [1.165, 1.54) is 0 Å². The van der Waals surface area contributed by atoms with Gasteiger partial charge >= 0.3 is 0 Å². The number of H-pyrrole nitrogens is 1. The quantitative estimate of drug-likeness (QED) is 0.551. The zero-order chi connectivity index (χ0) is 18.4. The van der Waals surface area contributed by atoms with Gasteiger partial charge in [-0.2, -0.15) is 5.26 Å². The standard InChI is InChI=1S/C21H19N5O/c22-11-13-5-7-14(8-6-13)26-19-16-9-10-23-20(16)24-12-17(19)25-21(26)15-3-1-2-4-18(15)27/h1-4,9-10,12-14,27H,5-8H2,(H,23,24)/t13-,14-. The summed E-state index contributed by atoms with van der Waals surface area (Å²) in [5.41, 5.74) is 3.42. The summed E-state index contributed by atoms with van der Waals surface area (Å²) in [5.74, 6) is 1.12. The number of nitrogens with one attached hydrogen (secondary N) is 1. The molecule has 0 aliphatic heterocycles. The van der Waals surface area contributed by atoms with Crippen LogP contribution in [0, 0.1) is 17.2 Å². The number of hydrogen-bond donors (Lipinski definition) is 2. The molecule has 0 amide bonds.